The maximum atomic E-state index is 11.2. The van der Waals surface area contributed by atoms with E-state index >= 15 is 0 Å². The molecule has 9 nitrogen and oxygen atoms in total. The molecular formula is C39H41Br5FNO8. The Hall–Kier alpha value is -2.95. The topological polar surface area (TPSA) is 128 Å². The zero-order valence-electron chi connectivity index (χ0n) is 31.0. The highest BCUT2D eigenvalue weighted by Crippen LogP contribution is 2.21. The first-order valence-electron chi connectivity index (χ1n) is 16.6. The number of rotatable bonds is 4. The monoisotopic (exact) mass is 1070 g/mol. The average Bonchev–Trinajstić information content (AvgIpc) is 3.86. The predicted molar refractivity (Wildman–Crippen MR) is 227 cm³/mol. The van der Waals surface area contributed by atoms with Crippen LogP contribution < -0.4 is 5.32 Å². The lowest BCUT2D eigenvalue weighted by Gasteiger charge is -2.04. The Labute approximate surface area is 358 Å². The minimum absolute atomic E-state index is 0.0347. The van der Waals surface area contributed by atoms with Crippen molar-refractivity contribution in [3.63, 3.8) is 0 Å². The van der Waals surface area contributed by atoms with Gasteiger partial charge in [0.1, 0.15) is 0 Å². The number of carbonyl (C=O) groups excluding carboxylic acids is 3. The molecule has 4 aromatic rings. The summed E-state index contributed by atoms with van der Waals surface area (Å²) in [6, 6.07) is 21.7. The van der Waals surface area contributed by atoms with Crippen molar-refractivity contribution in [2.75, 3.05) is 34.6 Å². The summed E-state index contributed by atoms with van der Waals surface area (Å²) in [7, 11) is 1.76. The van der Waals surface area contributed by atoms with Crippen LogP contribution in [-0.2, 0) is 26.1 Å². The molecule has 0 atom stereocenters. The van der Waals surface area contributed by atoms with Gasteiger partial charge in [0.25, 0.3) is 5.91 Å². The molecule has 0 bridgehead atoms. The molecule has 6 rings (SSSR count). The summed E-state index contributed by atoms with van der Waals surface area (Å²) < 4.78 is 33.5. The van der Waals surface area contributed by atoms with E-state index in [-0.39, 0.29) is 17.8 Å². The summed E-state index contributed by atoms with van der Waals surface area (Å²) in [5.74, 6) is -1.44. The number of nitrogens with one attached hydrogen (secondary N) is 1. The third-order valence-electron chi connectivity index (χ3n) is 7.21. The molecule has 4 aromatic carbocycles. The maximum absolute atomic E-state index is 11.2. The van der Waals surface area contributed by atoms with Gasteiger partial charge in [-0.3, -0.25) is 9.18 Å². The molecule has 1 fully saturated rings. The number of methoxy groups -OCH3 is 2. The van der Waals surface area contributed by atoms with Crippen LogP contribution in [0.3, 0.4) is 0 Å². The molecule has 292 valence electrons. The fourth-order valence-corrected chi connectivity index (χ4v) is 6.76. The number of carboxylic acids is 1. The van der Waals surface area contributed by atoms with Gasteiger partial charge in [-0.15, -0.1) is 0 Å². The number of aromatic carboxylic acids is 1. The highest BCUT2D eigenvalue weighted by molar-refractivity contribution is 9.11. The van der Waals surface area contributed by atoms with Crippen molar-refractivity contribution >= 4 is 103 Å². The van der Waals surface area contributed by atoms with E-state index in [0.29, 0.717) is 28.6 Å². The number of halogens is 6. The number of esters is 2. The van der Waals surface area contributed by atoms with Crippen molar-refractivity contribution in [1.82, 2.24) is 5.32 Å². The normalized spacial score (nSPS) is 12.0. The van der Waals surface area contributed by atoms with E-state index in [1.807, 2.05) is 49.4 Å². The highest BCUT2D eigenvalue weighted by atomic mass is 79.9. The van der Waals surface area contributed by atoms with Crippen molar-refractivity contribution in [1.29, 1.82) is 0 Å². The van der Waals surface area contributed by atoms with Crippen molar-refractivity contribution in [2.45, 2.75) is 38.6 Å². The molecule has 15 heteroatoms. The number of carboxylic acid groups (broad SMARTS) is 1. The Balaban J connectivity index is 0.000000344. The van der Waals surface area contributed by atoms with E-state index in [1.54, 1.807) is 37.3 Å². The molecule has 2 aliphatic heterocycles. The van der Waals surface area contributed by atoms with Gasteiger partial charge >= 0.3 is 17.9 Å². The second-order valence-electron chi connectivity index (χ2n) is 10.9. The smallest absolute Gasteiger partial charge is 0.338 e. The van der Waals surface area contributed by atoms with E-state index in [2.05, 4.69) is 94.4 Å². The van der Waals surface area contributed by atoms with Crippen LogP contribution >= 0.6 is 79.6 Å². The van der Waals surface area contributed by atoms with Crippen LogP contribution in [0.1, 0.15) is 77.9 Å². The van der Waals surface area contributed by atoms with Gasteiger partial charge in [0.2, 0.25) is 0 Å². The van der Waals surface area contributed by atoms with Gasteiger partial charge < -0.3 is 24.6 Å². The molecule has 0 unspecified atom stereocenters. The summed E-state index contributed by atoms with van der Waals surface area (Å²) in [4.78, 5) is 43.9. The number of aryl methyl sites for hydroxylation is 2. The lowest BCUT2D eigenvalue weighted by molar-refractivity contribution is 0.0591. The third kappa shape index (κ3) is 17.2. The van der Waals surface area contributed by atoms with Crippen molar-refractivity contribution in [3.05, 3.63) is 135 Å². The van der Waals surface area contributed by atoms with Crippen LogP contribution in [-0.4, -0.2) is 63.5 Å². The molecule has 0 aliphatic carbocycles. The van der Waals surface area contributed by atoms with Gasteiger partial charge in [0.15, 0.2) is 0 Å². The third-order valence-corrected chi connectivity index (χ3v) is 9.78. The standard InChI is InChI=1S/C9H8Br2O2.C9H9BrO2.C8H6BrNO.C8H7BrO2.C4H8O.CH3F/c1-13-9(12)8-3-2-7(11)4-6(8)5-10;1-6-5-7(10)3-4-8(6)9(11)12-2;9-6-1-2-7-5(3-6)4-10-8(7)11;1-5-4-6(9)2-3-7(5)8(10)11;1-2-4-5-3-1;1-2/h2-4H,5H2,1H3;3-5H,1-2H3;1-3H,4H2,(H,10,11);2-4H,1H3,(H,10,11);1-4H2;1H3/i;;;;;1D. The van der Waals surface area contributed by atoms with Crippen LogP contribution in [0.4, 0.5) is 4.39 Å². The van der Waals surface area contributed by atoms with Crippen LogP contribution in [0.2, 0.25) is 0 Å². The first kappa shape index (κ1) is 47.2. The van der Waals surface area contributed by atoms with E-state index in [1.165, 1.54) is 27.1 Å². The summed E-state index contributed by atoms with van der Waals surface area (Å²) in [6.45, 7) is 6.30. The van der Waals surface area contributed by atoms with Crippen molar-refractivity contribution < 1.29 is 44.3 Å². The van der Waals surface area contributed by atoms with E-state index in [0.717, 1.165) is 58.9 Å². The van der Waals surface area contributed by atoms with Gasteiger partial charge in [-0.05, 0) is 122 Å². The van der Waals surface area contributed by atoms with Crippen LogP contribution in [0.15, 0.2) is 90.7 Å². The minimum Gasteiger partial charge on any atom is -0.478 e. The fraction of sp³-hybridized carbons (Fsp3) is 0.282. The van der Waals surface area contributed by atoms with Gasteiger partial charge in [-0.2, -0.15) is 0 Å². The molecule has 0 radical (unpaired) electrons. The summed E-state index contributed by atoms with van der Waals surface area (Å²) in [6.07, 6.45) is 2.56. The van der Waals surface area contributed by atoms with E-state index < -0.39 is 13.1 Å². The first-order valence-corrected chi connectivity index (χ1v) is 20.2. The van der Waals surface area contributed by atoms with Gasteiger partial charge in [0, 0.05) is 48.5 Å². The number of hydrogen-bond donors (Lipinski definition) is 2. The zero-order valence-corrected chi connectivity index (χ0v) is 37.9. The Morgan fingerprint density at radius 3 is 1.67 bits per heavy atom. The SMILES string of the molecule is C1CCOC1.COC(=O)c1ccc(Br)cc1C.COC(=O)c1ccc(Br)cc1CBr.Cc1cc(Br)ccc1C(=O)O.O=C1NCc2cc(Br)ccc21.[2H]CF. The molecule has 0 spiro atoms. The van der Waals surface area contributed by atoms with Crippen molar-refractivity contribution in [3.8, 4) is 0 Å². The van der Waals surface area contributed by atoms with Gasteiger partial charge in [-0.25, -0.2) is 14.4 Å². The molecule has 0 aromatic heterocycles. The summed E-state index contributed by atoms with van der Waals surface area (Å²) in [5.41, 5.74) is 6.04. The summed E-state index contributed by atoms with van der Waals surface area (Å²) in [5, 5.41) is 12.0. The number of amides is 1. The second-order valence-corrected chi connectivity index (χ2v) is 15.2. The summed E-state index contributed by atoms with van der Waals surface area (Å²) >= 11 is 16.6. The number of carbonyl (C=O) groups is 4. The number of benzene rings is 4. The largest absolute Gasteiger partial charge is 0.478 e. The lowest BCUT2D eigenvalue weighted by Crippen LogP contribution is -2.12. The molecule has 2 heterocycles. The molecule has 1 amide bonds. The molecule has 2 aliphatic rings. The molecular weight excluding hydrogens is 1030 g/mol. The van der Waals surface area contributed by atoms with E-state index in [9.17, 15) is 23.6 Å². The molecule has 2 N–H and O–H groups in total. The van der Waals surface area contributed by atoms with Gasteiger partial charge in [-0.1, -0.05) is 79.6 Å². The highest BCUT2D eigenvalue weighted by Gasteiger charge is 2.17. The first-order chi connectivity index (χ1) is 26.1. The van der Waals surface area contributed by atoms with Crippen LogP contribution in [0.5, 0.6) is 0 Å². The minimum atomic E-state index is -1.00. The second kappa shape index (κ2) is 26.8. The Kier molecular flexibility index (Phi) is 23.4. The number of ether oxygens (including phenoxy) is 3. The number of alkyl halides is 2. The lowest BCUT2D eigenvalue weighted by atomic mass is 10.1. The number of fused-ring (bicyclic) bond motifs is 1. The fourth-order valence-electron chi connectivity index (χ4n) is 4.53. The maximum Gasteiger partial charge on any atom is 0.338 e. The molecule has 54 heavy (non-hydrogen) atoms. The zero-order chi connectivity index (χ0) is 41.5. The number of hydrogen-bond acceptors (Lipinski definition) is 7. The van der Waals surface area contributed by atoms with Crippen LogP contribution in [0.25, 0.3) is 0 Å². The predicted octanol–water partition coefficient (Wildman–Crippen LogP) is 11.2. The average molecular weight is 1070 g/mol. The molecule has 1 saturated heterocycles. The van der Waals surface area contributed by atoms with Gasteiger partial charge in [0.05, 0.1) is 39.4 Å². The van der Waals surface area contributed by atoms with Crippen molar-refractivity contribution in [2.24, 2.45) is 0 Å². The Morgan fingerprint density at radius 1 is 0.778 bits per heavy atom. The Morgan fingerprint density at radius 2 is 1.22 bits per heavy atom. The van der Waals surface area contributed by atoms with Crippen LogP contribution in [0, 0.1) is 13.8 Å². The molecule has 0 saturated carbocycles. The van der Waals surface area contributed by atoms with E-state index in [4.69, 9.17) is 11.2 Å². The quantitative estimate of drug-likeness (QED) is 0.153. The Bertz CT molecular complexity index is 1860.